The molecule has 2 N–H and O–H groups in total. The second-order valence-electron chi connectivity index (χ2n) is 4.03. The number of hydrogen-bond donors (Lipinski definition) is 1. The van der Waals surface area contributed by atoms with Gasteiger partial charge in [-0.15, -0.1) is 0 Å². The molecule has 0 aromatic rings. The van der Waals surface area contributed by atoms with E-state index >= 15 is 0 Å². The Hall–Kier alpha value is -0.110. The first-order chi connectivity index (χ1) is 5.04. The minimum absolute atomic E-state index is 0.148. The zero-order valence-electron chi connectivity index (χ0n) is 7.44. The van der Waals surface area contributed by atoms with Crippen LogP contribution in [0.4, 0.5) is 4.39 Å². The minimum atomic E-state index is -0.921. The predicted octanol–water partition coefficient (Wildman–Crippen LogP) is 2.25. The van der Waals surface area contributed by atoms with Gasteiger partial charge in [0.25, 0.3) is 0 Å². The van der Waals surface area contributed by atoms with Crippen LogP contribution in [0.15, 0.2) is 0 Å². The average Bonchev–Trinajstić information content (AvgIpc) is 1.95. The highest BCUT2D eigenvalue weighted by Crippen LogP contribution is 2.37. The van der Waals surface area contributed by atoms with Gasteiger partial charge in [0.05, 0.1) is 0 Å². The van der Waals surface area contributed by atoms with E-state index in [1.54, 1.807) is 0 Å². The zero-order valence-corrected chi connectivity index (χ0v) is 7.44. The van der Waals surface area contributed by atoms with Gasteiger partial charge in [0, 0.05) is 6.04 Å². The van der Waals surface area contributed by atoms with E-state index in [1.165, 1.54) is 0 Å². The van der Waals surface area contributed by atoms with Gasteiger partial charge in [-0.25, -0.2) is 4.39 Å². The summed E-state index contributed by atoms with van der Waals surface area (Å²) in [6.45, 7) is 3.91. The number of rotatable bonds is 1. The molecule has 1 nitrogen and oxygen atoms in total. The highest BCUT2D eigenvalue weighted by Gasteiger charge is 2.36. The Morgan fingerprint density at radius 3 is 2.18 bits per heavy atom. The molecule has 1 aliphatic rings. The molecule has 0 unspecified atom stereocenters. The van der Waals surface area contributed by atoms with Crippen molar-refractivity contribution in [3.8, 4) is 0 Å². The number of alkyl halides is 1. The van der Waals surface area contributed by atoms with Gasteiger partial charge >= 0.3 is 0 Å². The van der Waals surface area contributed by atoms with Crippen LogP contribution in [0.2, 0.25) is 0 Å². The fourth-order valence-corrected chi connectivity index (χ4v) is 1.70. The van der Waals surface area contributed by atoms with Gasteiger partial charge in [0.1, 0.15) is 5.67 Å². The summed E-state index contributed by atoms with van der Waals surface area (Å²) in [6.07, 6.45) is 3.03. The lowest BCUT2D eigenvalue weighted by Gasteiger charge is -2.35. The predicted molar refractivity (Wildman–Crippen MR) is 45.1 cm³/mol. The van der Waals surface area contributed by atoms with Gasteiger partial charge in [-0.1, -0.05) is 13.8 Å². The standard InChI is InChI=1S/C9H18FN/c1-7(2)9(10)5-3-8(11)4-6-9/h7-8H,3-6,11H2,1-2H3. The maximum atomic E-state index is 13.8. The van der Waals surface area contributed by atoms with Crippen molar-refractivity contribution in [1.29, 1.82) is 0 Å². The first-order valence-electron chi connectivity index (χ1n) is 4.49. The molecular weight excluding hydrogens is 141 g/mol. The molecule has 0 bridgehead atoms. The Balaban J connectivity index is 2.48. The van der Waals surface area contributed by atoms with Gasteiger partial charge in [-0.2, -0.15) is 0 Å². The molecule has 0 radical (unpaired) electrons. The smallest absolute Gasteiger partial charge is 0.113 e. The highest BCUT2D eigenvalue weighted by molar-refractivity contribution is 4.89. The number of hydrogen-bond acceptors (Lipinski definition) is 1. The molecule has 0 amide bonds. The van der Waals surface area contributed by atoms with Crippen molar-refractivity contribution < 1.29 is 4.39 Å². The van der Waals surface area contributed by atoms with Crippen molar-refractivity contribution in [2.75, 3.05) is 0 Å². The molecule has 1 saturated carbocycles. The first-order valence-corrected chi connectivity index (χ1v) is 4.49. The van der Waals surface area contributed by atoms with E-state index in [1.807, 2.05) is 13.8 Å². The molecule has 66 valence electrons. The second-order valence-corrected chi connectivity index (χ2v) is 4.03. The van der Waals surface area contributed by atoms with Gasteiger partial charge in [0.2, 0.25) is 0 Å². The SMILES string of the molecule is CC(C)C1(F)CCC(N)CC1. The Kier molecular flexibility index (Phi) is 2.53. The maximum Gasteiger partial charge on any atom is 0.113 e. The van der Waals surface area contributed by atoms with E-state index in [0.29, 0.717) is 12.8 Å². The van der Waals surface area contributed by atoms with Crippen LogP contribution in [0.3, 0.4) is 0 Å². The summed E-state index contributed by atoms with van der Waals surface area (Å²) in [7, 11) is 0. The Morgan fingerprint density at radius 2 is 1.82 bits per heavy atom. The second kappa shape index (κ2) is 3.10. The van der Waals surface area contributed by atoms with E-state index in [-0.39, 0.29) is 12.0 Å². The van der Waals surface area contributed by atoms with Crippen LogP contribution in [0.5, 0.6) is 0 Å². The van der Waals surface area contributed by atoms with Gasteiger partial charge < -0.3 is 5.73 Å². The van der Waals surface area contributed by atoms with E-state index in [0.717, 1.165) is 12.8 Å². The molecule has 0 aliphatic heterocycles. The third-order valence-electron chi connectivity index (χ3n) is 2.90. The molecule has 0 aromatic heterocycles. The van der Waals surface area contributed by atoms with Crippen molar-refractivity contribution in [2.24, 2.45) is 11.7 Å². The molecule has 0 atom stereocenters. The molecule has 0 saturated heterocycles. The van der Waals surface area contributed by atoms with Crippen LogP contribution in [0, 0.1) is 5.92 Å². The summed E-state index contributed by atoms with van der Waals surface area (Å²) in [6, 6.07) is 0.248. The van der Waals surface area contributed by atoms with E-state index < -0.39 is 5.67 Å². The van der Waals surface area contributed by atoms with Crippen LogP contribution in [-0.4, -0.2) is 11.7 Å². The fraction of sp³-hybridized carbons (Fsp3) is 1.00. The fourth-order valence-electron chi connectivity index (χ4n) is 1.70. The van der Waals surface area contributed by atoms with Crippen molar-refractivity contribution in [3.63, 3.8) is 0 Å². The Bertz CT molecular complexity index is 126. The van der Waals surface area contributed by atoms with E-state index in [9.17, 15) is 4.39 Å². The van der Waals surface area contributed by atoms with Gasteiger partial charge in [0.15, 0.2) is 0 Å². The number of nitrogens with two attached hydrogens (primary N) is 1. The highest BCUT2D eigenvalue weighted by atomic mass is 19.1. The summed E-state index contributed by atoms with van der Waals surface area (Å²) < 4.78 is 13.8. The third-order valence-corrected chi connectivity index (χ3v) is 2.90. The molecule has 1 aliphatic carbocycles. The largest absolute Gasteiger partial charge is 0.328 e. The lowest BCUT2D eigenvalue weighted by molar-refractivity contribution is 0.0492. The maximum absolute atomic E-state index is 13.8. The van der Waals surface area contributed by atoms with Crippen LogP contribution in [-0.2, 0) is 0 Å². The Morgan fingerprint density at radius 1 is 1.36 bits per heavy atom. The van der Waals surface area contributed by atoms with Gasteiger partial charge in [-0.05, 0) is 31.6 Å². The molecule has 1 fully saturated rings. The van der Waals surface area contributed by atoms with Crippen molar-refractivity contribution in [2.45, 2.75) is 51.2 Å². The number of halogens is 1. The van der Waals surface area contributed by atoms with Crippen molar-refractivity contribution in [1.82, 2.24) is 0 Å². The molecule has 1 rings (SSSR count). The van der Waals surface area contributed by atoms with Crippen molar-refractivity contribution in [3.05, 3.63) is 0 Å². The van der Waals surface area contributed by atoms with Crippen LogP contribution in [0.1, 0.15) is 39.5 Å². The quantitative estimate of drug-likeness (QED) is 0.624. The zero-order chi connectivity index (χ0) is 8.48. The molecule has 2 heteroatoms. The van der Waals surface area contributed by atoms with Gasteiger partial charge in [-0.3, -0.25) is 0 Å². The molecule has 0 aromatic carbocycles. The third kappa shape index (κ3) is 1.92. The minimum Gasteiger partial charge on any atom is -0.328 e. The molecular formula is C9H18FN. The van der Waals surface area contributed by atoms with E-state index in [2.05, 4.69) is 0 Å². The van der Waals surface area contributed by atoms with Crippen LogP contribution < -0.4 is 5.73 Å². The normalized spacial score (nSPS) is 39.5. The van der Waals surface area contributed by atoms with E-state index in [4.69, 9.17) is 5.73 Å². The monoisotopic (exact) mass is 159 g/mol. The summed E-state index contributed by atoms with van der Waals surface area (Å²) in [5.41, 5.74) is 4.77. The van der Waals surface area contributed by atoms with Crippen LogP contribution in [0.25, 0.3) is 0 Å². The first kappa shape index (κ1) is 8.98. The molecule has 0 heterocycles. The molecule has 11 heavy (non-hydrogen) atoms. The summed E-state index contributed by atoms with van der Waals surface area (Å²) in [5, 5.41) is 0. The summed E-state index contributed by atoms with van der Waals surface area (Å²) in [5.74, 6) is 0.148. The average molecular weight is 159 g/mol. The Labute approximate surface area is 68.2 Å². The summed E-state index contributed by atoms with van der Waals surface area (Å²) in [4.78, 5) is 0. The van der Waals surface area contributed by atoms with Crippen LogP contribution >= 0.6 is 0 Å². The lowest BCUT2D eigenvalue weighted by Crippen LogP contribution is -2.39. The summed E-state index contributed by atoms with van der Waals surface area (Å²) >= 11 is 0. The lowest BCUT2D eigenvalue weighted by atomic mass is 9.77. The van der Waals surface area contributed by atoms with Crippen molar-refractivity contribution >= 4 is 0 Å². The molecule has 0 spiro atoms. The topological polar surface area (TPSA) is 26.0 Å².